The van der Waals surface area contributed by atoms with Crippen molar-refractivity contribution in [2.24, 2.45) is 10.9 Å². The van der Waals surface area contributed by atoms with Crippen molar-refractivity contribution in [2.45, 2.75) is 79.2 Å². The van der Waals surface area contributed by atoms with E-state index in [0.29, 0.717) is 17.3 Å². The zero-order valence-corrected chi connectivity index (χ0v) is 18.7. The first-order valence-corrected chi connectivity index (χ1v) is 10.3. The maximum Gasteiger partial charge on any atom is 0.412 e. The predicted octanol–water partition coefficient (Wildman–Crippen LogP) is 7.43. The van der Waals surface area contributed by atoms with Crippen molar-refractivity contribution >= 4 is 46.4 Å². The van der Waals surface area contributed by atoms with Gasteiger partial charge in [0, 0.05) is 11.8 Å². The van der Waals surface area contributed by atoms with Crippen molar-refractivity contribution in [1.82, 2.24) is 4.98 Å². The number of nitrogens with zero attached hydrogens (tertiary/aromatic N) is 2. The van der Waals surface area contributed by atoms with Crippen LogP contribution in [0.1, 0.15) is 73.6 Å². The number of anilines is 1. The molecule has 0 radical (unpaired) electrons. The Bertz CT molecular complexity index is 664. The van der Waals surface area contributed by atoms with E-state index >= 15 is 0 Å². The molecule has 1 aliphatic rings. The molecule has 0 saturated heterocycles. The highest BCUT2D eigenvalue weighted by Crippen LogP contribution is 2.36. The van der Waals surface area contributed by atoms with Gasteiger partial charge >= 0.3 is 6.09 Å². The maximum absolute atomic E-state index is 12.1. The molecule has 1 heterocycles. The van der Waals surface area contributed by atoms with Crippen molar-refractivity contribution in [2.75, 3.05) is 5.32 Å². The van der Waals surface area contributed by atoms with Crippen molar-refractivity contribution in [3.63, 3.8) is 0 Å². The summed E-state index contributed by atoms with van der Waals surface area (Å²) in [6, 6.07) is 1.53. The number of halogens is 2. The lowest BCUT2D eigenvalue weighted by Gasteiger charge is -2.22. The van der Waals surface area contributed by atoms with Crippen LogP contribution in [0.4, 0.5) is 16.2 Å². The van der Waals surface area contributed by atoms with Crippen LogP contribution in [-0.4, -0.2) is 22.4 Å². The minimum atomic E-state index is -0.605. The summed E-state index contributed by atoms with van der Waals surface area (Å²) >= 11 is 12.2. The monoisotopic (exact) mass is 415 g/mol. The van der Waals surface area contributed by atoms with E-state index in [0.717, 1.165) is 18.6 Å². The number of nitrogens with one attached hydrogen (secondary N) is 1. The predicted molar refractivity (Wildman–Crippen MR) is 115 cm³/mol. The van der Waals surface area contributed by atoms with Crippen molar-refractivity contribution in [3.05, 3.63) is 16.4 Å². The summed E-state index contributed by atoms with van der Waals surface area (Å²) in [4.78, 5) is 20.8. The van der Waals surface area contributed by atoms with Crippen molar-refractivity contribution < 1.29 is 9.53 Å². The Kier molecular flexibility index (Phi) is 9.54. The fraction of sp³-hybridized carbons (Fsp3) is 0.650. The second kappa shape index (κ2) is 10.9. The molecule has 1 saturated carbocycles. The molecule has 2 rings (SSSR count). The number of hydrogen-bond donors (Lipinski definition) is 1. The Morgan fingerprint density at radius 3 is 2.37 bits per heavy atom. The molecule has 152 valence electrons. The fourth-order valence-electron chi connectivity index (χ4n) is 2.88. The smallest absolute Gasteiger partial charge is 0.412 e. The summed E-state index contributed by atoms with van der Waals surface area (Å²) in [5.74, 6) is 0.440. The van der Waals surface area contributed by atoms with Crippen molar-refractivity contribution in [3.8, 4) is 0 Å². The summed E-state index contributed by atoms with van der Waals surface area (Å²) < 4.78 is 5.29. The van der Waals surface area contributed by atoms with Gasteiger partial charge in [0.2, 0.25) is 0 Å². The molecule has 0 unspecified atom stereocenters. The number of pyridine rings is 1. The highest BCUT2D eigenvalue weighted by Gasteiger charge is 2.21. The van der Waals surface area contributed by atoms with Gasteiger partial charge in [0.05, 0.1) is 5.69 Å². The standard InChI is InChI=1S/C18H25Cl2N3O2.C2H6/c1-11(12-8-6-5-7-9-12)21-15-13(10-14(19)23-16(15)20)22-17(24)25-18(2,3)4;1-2/h10,12H,5-9H2,1-4H3,(H,22,23,24);1-2H3. The summed E-state index contributed by atoms with van der Waals surface area (Å²) in [6.45, 7) is 11.4. The van der Waals surface area contributed by atoms with E-state index < -0.39 is 11.7 Å². The van der Waals surface area contributed by atoms with Gasteiger partial charge in [-0.15, -0.1) is 0 Å². The Morgan fingerprint density at radius 2 is 1.81 bits per heavy atom. The van der Waals surface area contributed by atoms with E-state index in [1.807, 2.05) is 20.8 Å². The van der Waals surface area contributed by atoms with Crippen LogP contribution in [-0.2, 0) is 4.74 Å². The number of carbonyl (C=O) groups excluding carboxylic acids is 1. The van der Waals surface area contributed by atoms with Gasteiger partial charge in [0.15, 0.2) is 5.15 Å². The molecule has 27 heavy (non-hydrogen) atoms. The van der Waals surface area contributed by atoms with Crippen LogP contribution in [0, 0.1) is 5.92 Å². The second-order valence-corrected chi connectivity index (χ2v) is 8.09. The number of ether oxygens (including phenoxy) is 1. The van der Waals surface area contributed by atoms with Gasteiger partial charge in [-0.05, 0) is 46.5 Å². The first kappa shape index (κ1) is 23.7. The Balaban J connectivity index is 0.00000176. The summed E-state index contributed by atoms with van der Waals surface area (Å²) in [5, 5.41) is 3.03. The van der Waals surface area contributed by atoms with Crippen LogP contribution in [0.3, 0.4) is 0 Å². The number of hydrogen-bond acceptors (Lipinski definition) is 4. The lowest BCUT2D eigenvalue weighted by atomic mass is 9.86. The summed E-state index contributed by atoms with van der Waals surface area (Å²) in [5.41, 5.74) is 1.21. The molecule has 0 atom stereocenters. The molecule has 1 aromatic heterocycles. The van der Waals surface area contributed by atoms with Crippen LogP contribution in [0.2, 0.25) is 10.3 Å². The van der Waals surface area contributed by atoms with Gasteiger partial charge in [0.1, 0.15) is 16.4 Å². The third-order valence-corrected chi connectivity index (χ3v) is 4.50. The average molecular weight is 416 g/mol. The van der Waals surface area contributed by atoms with Gasteiger partial charge in [-0.25, -0.2) is 9.78 Å². The fourth-order valence-corrected chi connectivity index (χ4v) is 3.35. The van der Waals surface area contributed by atoms with E-state index in [9.17, 15) is 4.79 Å². The number of aromatic nitrogens is 1. The van der Waals surface area contributed by atoms with Gasteiger partial charge < -0.3 is 4.74 Å². The van der Waals surface area contributed by atoms with E-state index in [4.69, 9.17) is 27.9 Å². The van der Waals surface area contributed by atoms with E-state index in [1.165, 1.54) is 25.3 Å². The number of amides is 1. The molecule has 0 aromatic carbocycles. The topological polar surface area (TPSA) is 63.6 Å². The number of rotatable bonds is 3. The van der Waals surface area contributed by atoms with Crippen LogP contribution in [0.25, 0.3) is 0 Å². The minimum absolute atomic E-state index is 0.161. The number of carbonyl (C=O) groups is 1. The molecule has 0 bridgehead atoms. The minimum Gasteiger partial charge on any atom is -0.444 e. The molecular formula is C20H31Cl2N3O2. The van der Waals surface area contributed by atoms with Gasteiger partial charge in [-0.3, -0.25) is 10.3 Å². The van der Waals surface area contributed by atoms with Gasteiger partial charge in [-0.2, -0.15) is 0 Å². The highest BCUT2D eigenvalue weighted by molar-refractivity contribution is 6.35. The maximum atomic E-state index is 12.1. The SMILES string of the molecule is CC.CC(=Nc1c(NC(=O)OC(C)(C)C)cc(Cl)nc1Cl)C1CCCCC1. The second-order valence-electron chi connectivity index (χ2n) is 7.35. The number of aliphatic imine (C=N–C) groups is 1. The highest BCUT2D eigenvalue weighted by atomic mass is 35.5. The first-order valence-electron chi connectivity index (χ1n) is 9.57. The lowest BCUT2D eigenvalue weighted by molar-refractivity contribution is 0.0636. The molecule has 7 heteroatoms. The molecule has 1 N–H and O–H groups in total. The Hall–Kier alpha value is -1.33. The molecule has 0 aliphatic heterocycles. The average Bonchev–Trinajstić information content (AvgIpc) is 2.58. The normalized spacial score (nSPS) is 15.6. The van der Waals surface area contributed by atoms with Gasteiger partial charge in [-0.1, -0.05) is 56.3 Å². The molecule has 0 spiro atoms. The van der Waals surface area contributed by atoms with Crippen LogP contribution in [0.5, 0.6) is 0 Å². The lowest BCUT2D eigenvalue weighted by Crippen LogP contribution is -2.27. The molecule has 1 fully saturated rings. The molecule has 1 aromatic rings. The van der Waals surface area contributed by atoms with Gasteiger partial charge in [0.25, 0.3) is 0 Å². The van der Waals surface area contributed by atoms with Crippen molar-refractivity contribution in [1.29, 1.82) is 0 Å². The van der Waals surface area contributed by atoms with E-state index in [1.54, 1.807) is 20.8 Å². The first-order chi connectivity index (χ1) is 12.7. The molecule has 1 aliphatic carbocycles. The summed E-state index contributed by atoms with van der Waals surface area (Å²) in [6.07, 6.45) is 5.38. The third-order valence-electron chi connectivity index (χ3n) is 4.04. The van der Waals surface area contributed by atoms with Crippen LogP contribution >= 0.6 is 23.2 Å². The molecule has 5 nitrogen and oxygen atoms in total. The van der Waals surface area contributed by atoms with E-state index in [-0.39, 0.29) is 10.3 Å². The van der Waals surface area contributed by atoms with Crippen LogP contribution < -0.4 is 5.32 Å². The quantitative estimate of drug-likeness (QED) is 0.411. The molecular weight excluding hydrogens is 385 g/mol. The van der Waals surface area contributed by atoms with E-state index in [2.05, 4.69) is 15.3 Å². The Labute approximate surface area is 172 Å². The largest absolute Gasteiger partial charge is 0.444 e. The Morgan fingerprint density at radius 1 is 1.22 bits per heavy atom. The zero-order valence-electron chi connectivity index (χ0n) is 17.2. The van der Waals surface area contributed by atoms with Crippen LogP contribution in [0.15, 0.2) is 11.1 Å². The molecule has 1 amide bonds. The summed E-state index contributed by atoms with van der Waals surface area (Å²) in [7, 11) is 0. The zero-order chi connectivity index (χ0) is 20.6. The third kappa shape index (κ3) is 8.06.